The van der Waals surface area contributed by atoms with E-state index in [1.165, 1.54) is 11.8 Å². The van der Waals surface area contributed by atoms with Crippen LogP contribution in [-0.2, 0) is 50.3 Å². The van der Waals surface area contributed by atoms with Crippen LogP contribution in [0.2, 0.25) is 0 Å². The summed E-state index contributed by atoms with van der Waals surface area (Å²) >= 11 is 0. The number of nitrogens with one attached hydrogen (secondary N) is 6. The van der Waals surface area contributed by atoms with Crippen molar-refractivity contribution in [3.8, 4) is 11.8 Å². The fourth-order valence-corrected chi connectivity index (χ4v) is 10.2. The van der Waals surface area contributed by atoms with E-state index in [4.69, 9.17) is 10.5 Å². The molecule has 1 aliphatic carbocycles. The third-order valence-corrected chi connectivity index (χ3v) is 15.3. The molecule has 5 aliphatic rings. The van der Waals surface area contributed by atoms with Gasteiger partial charge in [0.15, 0.2) is 0 Å². The molecule has 8 rings (SSSR count). The summed E-state index contributed by atoms with van der Waals surface area (Å²) < 4.78 is 5.62. The number of carboxylic acid groups (broad SMARTS) is 1. The van der Waals surface area contributed by atoms with Gasteiger partial charge in [0.2, 0.25) is 35.4 Å². The molecule has 83 heavy (non-hydrogen) atoms. The Balaban J connectivity index is 1.38. The Kier molecular flexibility index (Phi) is 20.9. The van der Waals surface area contributed by atoms with Crippen molar-refractivity contribution in [2.45, 2.75) is 138 Å². The first-order chi connectivity index (χ1) is 39.0. The summed E-state index contributed by atoms with van der Waals surface area (Å²) in [5, 5.41) is 26.5. The van der Waals surface area contributed by atoms with Crippen molar-refractivity contribution in [2.24, 2.45) is 28.9 Å². The van der Waals surface area contributed by atoms with Crippen molar-refractivity contribution in [3.63, 3.8) is 0 Å². The molecule has 0 saturated carbocycles. The summed E-state index contributed by atoms with van der Waals surface area (Å²) in [4.78, 5) is 126. The molecule has 9 N–H and O–H groups in total. The molecule has 0 fully saturated rings. The van der Waals surface area contributed by atoms with Gasteiger partial charge in [-0.05, 0) is 102 Å². The maximum absolute atomic E-state index is 15.4. The highest BCUT2D eigenvalue weighted by Gasteiger charge is 2.44. The Morgan fingerprint density at radius 3 is 2.25 bits per heavy atom. The number of para-hydroxylation sites is 1. The van der Waals surface area contributed by atoms with Gasteiger partial charge in [0.25, 0.3) is 0 Å². The van der Waals surface area contributed by atoms with Gasteiger partial charge in [0.05, 0.1) is 24.2 Å². The third kappa shape index (κ3) is 16.5. The second-order valence-corrected chi connectivity index (χ2v) is 23.7. The predicted octanol–water partition coefficient (Wildman–Crippen LogP) is 7.21. The maximum atomic E-state index is 15.4. The van der Waals surface area contributed by atoms with E-state index < -0.39 is 100 Å². The molecule has 8 bridgehead atoms. The Hall–Kier alpha value is -8.73. The van der Waals surface area contributed by atoms with Gasteiger partial charge < -0.3 is 52.0 Å². The van der Waals surface area contributed by atoms with E-state index in [1.807, 2.05) is 60.6 Å². The smallest absolute Gasteiger partial charge is 0.411 e. The van der Waals surface area contributed by atoms with Crippen LogP contribution in [-0.4, -0.2) is 108 Å². The van der Waals surface area contributed by atoms with Crippen molar-refractivity contribution in [1.29, 1.82) is 0 Å². The number of urea groups is 1. The molecule has 20 nitrogen and oxygen atoms in total. The van der Waals surface area contributed by atoms with Crippen molar-refractivity contribution >= 4 is 70.6 Å². The summed E-state index contributed by atoms with van der Waals surface area (Å²) in [5.74, 6) is 0.886. The number of likely N-dealkylation sites (N-methyl/N-ethyl adjacent to an activating group) is 1. The molecule has 5 atom stereocenters. The molecule has 0 saturated heterocycles. The van der Waals surface area contributed by atoms with Gasteiger partial charge in [-0.3, -0.25) is 34.1 Å². The van der Waals surface area contributed by atoms with E-state index in [0.717, 1.165) is 5.57 Å². The monoisotopic (exact) mass is 1140 g/mol. The average Bonchev–Trinajstić information content (AvgIpc) is 3.62. The lowest BCUT2D eigenvalue weighted by Crippen LogP contribution is -2.58. The fourth-order valence-electron chi connectivity index (χ4n) is 10.2. The summed E-state index contributed by atoms with van der Waals surface area (Å²) in [5.41, 5.74) is 8.60. The number of ether oxygens (including phenoxy) is 1. The average molecular weight is 1140 g/mol. The zero-order chi connectivity index (χ0) is 61.1. The van der Waals surface area contributed by atoms with Crippen LogP contribution in [0.25, 0.3) is 0 Å². The highest BCUT2D eigenvalue weighted by atomic mass is 16.5. The number of anilines is 3. The van der Waals surface area contributed by atoms with Crippen molar-refractivity contribution in [2.75, 3.05) is 35.7 Å². The minimum absolute atomic E-state index is 0.0748. The molecule has 20 heteroatoms. The summed E-state index contributed by atoms with van der Waals surface area (Å²) in [6.07, 6.45) is 2.63. The van der Waals surface area contributed by atoms with E-state index in [0.29, 0.717) is 44.9 Å². The molecule has 9 amide bonds. The molecule has 0 radical (unpaired) electrons. The topological polar surface area (TPSA) is 288 Å². The number of nitrogens with two attached hydrogens (primary N) is 1. The number of rotatable bonds is 12. The van der Waals surface area contributed by atoms with Gasteiger partial charge in [-0.2, -0.15) is 0 Å². The van der Waals surface area contributed by atoms with Gasteiger partial charge in [0, 0.05) is 59.9 Å². The van der Waals surface area contributed by atoms with Crippen molar-refractivity contribution in [3.05, 3.63) is 124 Å². The van der Waals surface area contributed by atoms with Crippen molar-refractivity contribution in [1.82, 2.24) is 26.2 Å². The first-order valence-corrected chi connectivity index (χ1v) is 28.0. The highest BCUT2D eigenvalue weighted by Crippen LogP contribution is 2.43. The first kappa shape index (κ1) is 63.5. The zero-order valence-electron chi connectivity index (χ0n) is 49.3. The zero-order valence-corrected chi connectivity index (χ0v) is 49.3. The Morgan fingerprint density at radius 1 is 0.904 bits per heavy atom. The number of hydrogen-bond donors (Lipinski definition) is 8. The van der Waals surface area contributed by atoms with Crippen LogP contribution in [0, 0.1) is 35.0 Å². The Morgan fingerprint density at radius 2 is 1.60 bits per heavy atom. The number of carbonyl (C=O) groups excluding carboxylic acids is 8. The van der Waals surface area contributed by atoms with E-state index in [2.05, 4.69) is 43.7 Å². The Bertz CT molecular complexity index is 3160. The second-order valence-electron chi connectivity index (χ2n) is 23.7. The van der Waals surface area contributed by atoms with Crippen LogP contribution in [0.3, 0.4) is 0 Å². The molecule has 442 valence electrons. The normalized spacial score (nSPS) is 19.7. The number of benzene rings is 3. The number of carbonyl (C=O) groups is 9. The summed E-state index contributed by atoms with van der Waals surface area (Å²) in [6, 6.07) is 16.0. The molecule has 2 unspecified atom stereocenters. The van der Waals surface area contributed by atoms with Gasteiger partial charge in [0.1, 0.15) is 24.7 Å². The minimum Gasteiger partial charge on any atom is -0.478 e. The number of nitrogens with zero attached hydrogens (tertiary/aromatic N) is 2. The highest BCUT2D eigenvalue weighted by molar-refractivity contribution is 6.00. The van der Waals surface area contributed by atoms with Crippen LogP contribution >= 0.6 is 0 Å². The lowest BCUT2D eigenvalue weighted by Gasteiger charge is -2.41. The largest absolute Gasteiger partial charge is 0.478 e. The molecular formula is C63H79N9O11. The predicted molar refractivity (Wildman–Crippen MR) is 316 cm³/mol. The van der Waals surface area contributed by atoms with Crippen molar-refractivity contribution < 1.29 is 53.0 Å². The van der Waals surface area contributed by atoms with Gasteiger partial charge in [-0.25, -0.2) is 14.4 Å². The molecule has 0 spiro atoms. The first-order valence-electron chi connectivity index (χ1n) is 28.0. The fraction of sp³-hybridized carbons (Fsp3) is 0.444. The second kappa shape index (κ2) is 27.4. The molecule has 0 aromatic heterocycles. The number of carboxylic acids is 1. The molecule has 4 aliphatic heterocycles. The van der Waals surface area contributed by atoms with Gasteiger partial charge in [-0.1, -0.05) is 123 Å². The van der Waals surface area contributed by atoms with Gasteiger partial charge >= 0.3 is 18.1 Å². The van der Waals surface area contributed by atoms with Crippen LogP contribution in [0.15, 0.2) is 107 Å². The lowest BCUT2D eigenvalue weighted by molar-refractivity contribution is -0.141. The number of primary amides is 1. The van der Waals surface area contributed by atoms with Crippen LogP contribution in [0.5, 0.6) is 0 Å². The molecule has 3 aromatic carbocycles. The number of allylic oxidation sites excluding steroid dienone is 2. The van der Waals surface area contributed by atoms with Crippen LogP contribution in [0.1, 0.15) is 118 Å². The summed E-state index contributed by atoms with van der Waals surface area (Å²) in [7, 11) is 1.60. The lowest BCUT2D eigenvalue weighted by atomic mass is 9.68. The van der Waals surface area contributed by atoms with E-state index in [-0.39, 0.29) is 63.3 Å². The maximum Gasteiger partial charge on any atom is 0.411 e. The minimum atomic E-state index is -1.11. The number of aliphatic carboxylic acids is 1. The van der Waals surface area contributed by atoms with E-state index in [1.54, 1.807) is 98.6 Å². The standard InChI is InChI=1S/C63H79N9O11/c1-36(2)50(30-38(5)59(79)80)71(11)58(78)54(62(6,7)8)70-55(75)47-32-41-31-42-34-72(49-20-13-12-16-40(49)23-26-46(41)42)52(74)28-27-51(73)69-53(37(3)4)57(77)68-48(19-15-29-65-60(64)81)56(76)66-44-24-21-39(22-25-44)35-83-61(82)67-45-18-14-17-43(33-45)63(47,9)10/h12-14,16-18,20-22,24-25,30-31,33,36-37,47-48,50,53-54H,15,19,27-29,32,34-35H2,1-11H3,(H,66,76)(H,67,82)(H,68,77)(H,69,73)(H,70,75)(H,79,80)(H3,64,65,81)/b38-30+/t47?,48-,50+,53-,54?/m0/s1. The third-order valence-electron chi connectivity index (χ3n) is 15.3. The molecule has 4 heterocycles. The van der Waals surface area contributed by atoms with Crippen LogP contribution < -0.4 is 42.5 Å². The number of fused-ring (bicyclic) bond motifs is 2. The quantitative estimate of drug-likeness (QED) is 0.0510. The Labute approximate surface area is 485 Å². The number of hydrogen-bond acceptors (Lipinski definition) is 10. The molecular weight excluding hydrogens is 1060 g/mol. The molecule has 3 aromatic rings. The van der Waals surface area contributed by atoms with E-state index >= 15 is 4.79 Å². The van der Waals surface area contributed by atoms with E-state index in [9.17, 15) is 43.5 Å². The number of amides is 9. The summed E-state index contributed by atoms with van der Waals surface area (Å²) in [6.45, 7) is 18.1. The van der Waals surface area contributed by atoms with Crippen LogP contribution in [0.4, 0.5) is 26.7 Å². The SMILES string of the molecule is C/C(=C\[C@H](C(C)C)N(C)C(=O)C(NC(=O)C1CC2=CC3=C2C#Cc2ccccc2N(C3)C(=O)CCC(=O)N[C@@H](C(C)C)C(=O)N[C@@H](CCCNC(N)=O)C(=O)Nc2ccc(cc2)COC(=O)Nc2cccc(c2)C1(C)C)C(C)(C)C)C(=O)O. The van der Waals surface area contributed by atoms with Gasteiger partial charge in [-0.15, -0.1) is 0 Å².